The van der Waals surface area contributed by atoms with Gasteiger partial charge in [0, 0.05) is 23.7 Å². The molecular weight excluding hydrogens is 267 g/mol. The van der Waals surface area contributed by atoms with Crippen molar-refractivity contribution in [2.45, 2.75) is 32.9 Å². The third-order valence-electron chi connectivity index (χ3n) is 3.06. The zero-order valence-corrected chi connectivity index (χ0v) is 12.3. The minimum absolute atomic E-state index is 0.0585. The molecular formula is C14H20ClFN2O. The molecule has 0 bridgehead atoms. The molecule has 1 aromatic rings. The Morgan fingerprint density at radius 2 is 2.21 bits per heavy atom. The molecule has 1 rings (SSSR count). The van der Waals surface area contributed by atoms with Gasteiger partial charge >= 0.3 is 0 Å². The molecule has 0 aromatic heterocycles. The van der Waals surface area contributed by atoms with Crippen LogP contribution in [0.5, 0.6) is 0 Å². The quantitative estimate of drug-likeness (QED) is 0.872. The first-order chi connectivity index (χ1) is 8.97. The van der Waals surface area contributed by atoms with Crippen LogP contribution < -0.4 is 5.32 Å². The number of halogens is 2. The van der Waals surface area contributed by atoms with Crippen molar-refractivity contribution < 1.29 is 9.18 Å². The van der Waals surface area contributed by atoms with Gasteiger partial charge in [-0.1, -0.05) is 24.6 Å². The van der Waals surface area contributed by atoms with E-state index >= 15 is 0 Å². The Hall–Kier alpha value is -1.13. The zero-order chi connectivity index (χ0) is 14.4. The van der Waals surface area contributed by atoms with Crippen molar-refractivity contribution in [2.24, 2.45) is 0 Å². The van der Waals surface area contributed by atoms with Gasteiger partial charge in [-0.15, -0.1) is 0 Å². The van der Waals surface area contributed by atoms with Crippen LogP contribution in [-0.2, 0) is 11.3 Å². The van der Waals surface area contributed by atoms with E-state index in [1.807, 2.05) is 6.92 Å². The fourth-order valence-corrected chi connectivity index (χ4v) is 1.89. The number of carbonyl (C=O) groups excluding carboxylic acids is 1. The minimum atomic E-state index is -0.347. The van der Waals surface area contributed by atoms with Gasteiger partial charge in [0.15, 0.2) is 0 Å². The molecule has 1 aromatic carbocycles. The largest absolute Gasteiger partial charge is 0.355 e. The molecule has 19 heavy (non-hydrogen) atoms. The highest BCUT2D eigenvalue weighted by Crippen LogP contribution is 2.20. The van der Waals surface area contributed by atoms with Crippen molar-refractivity contribution in [3.63, 3.8) is 0 Å². The van der Waals surface area contributed by atoms with Gasteiger partial charge in [0.1, 0.15) is 5.82 Å². The lowest BCUT2D eigenvalue weighted by atomic mass is 10.1. The van der Waals surface area contributed by atoms with Crippen LogP contribution in [0.4, 0.5) is 4.39 Å². The summed E-state index contributed by atoms with van der Waals surface area (Å²) in [4.78, 5) is 13.6. The van der Waals surface area contributed by atoms with Gasteiger partial charge in [-0.2, -0.15) is 0 Å². The van der Waals surface area contributed by atoms with Gasteiger partial charge in [-0.3, -0.25) is 9.69 Å². The number of likely N-dealkylation sites (N-methyl/N-ethyl adjacent to an activating group) is 1. The molecule has 5 heteroatoms. The summed E-state index contributed by atoms with van der Waals surface area (Å²) >= 11 is 5.97. The van der Waals surface area contributed by atoms with E-state index in [-0.39, 0.29) is 17.8 Å². The molecule has 3 nitrogen and oxygen atoms in total. The molecule has 1 unspecified atom stereocenters. The van der Waals surface area contributed by atoms with E-state index in [0.29, 0.717) is 23.7 Å². The van der Waals surface area contributed by atoms with Crippen LogP contribution in [0, 0.1) is 5.82 Å². The standard InChI is InChI=1S/C14H20ClFN2O/c1-4-8-17-14(19)10(2)18(3)9-11-12(15)6-5-7-13(11)16/h5-7,10H,4,8-9H2,1-3H3,(H,17,19). The summed E-state index contributed by atoms with van der Waals surface area (Å²) in [6.45, 7) is 4.73. The number of carbonyl (C=O) groups is 1. The first-order valence-corrected chi connectivity index (χ1v) is 6.76. The van der Waals surface area contributed by atoms with Crippen LogP contribution in [0.1, 0.15) is 25.8 Å². The lowest BCUT2D eigenvalue weighted by Crippen LogP contribution is -2.43. The molecule has 1 N–H and O–H groups in total. The molecule has 1 amide bonds. The highest BCUT2D eigenvalue weighted by atomic mass is 35.5. The van der Waals surface area contributed by atoms with Crippen molar-refractivity contribution in [2.75, 3.05) is 13.6 Å². The second-order valence-corrected chi connectivity index (χ2v) is 4.99. The normalized spacial score (nSPS) is 12.5. The number of rotatable bonds is 6. The number of hydrogen-bond donors (Lipinski definition) is 1. The van der Waals surface area contributed by atoms with Crippen molar-refractivity contribution in [1.82, 2.24) is 10.2 Å². The summed E-state index contributed by atoms with van der Waals surface area (Å²) < 4.78 is 13.7. The van der Waals surface area contributed by atoms with Crippen molar-refractivity contribution in [3.05, 3.63) is 34.6 Å². The summed E-state index contributed by atoms with van der Waals surface area (Å²) in [5, 5.41) is 3.20. The van der Waals surface area contributed by atoms with E-state index in [0.717, 1.165) is 6.42 Å². The maximum absolute atomic E-state index is 13.7. The number of nitrogens with zero attached hydrogens (tertiary/aromatic N) is 1. The van der Waals surface area contributed by atoms with E-state index < -0.39 is 0 Å². The Morgan fingerprint density at radius 1 is 1.53 bits per heavy atom. The highest BCUT2D eigenvalue weighted by Gasteiger charge is 2.19. The van der Waals surface area contributed by atoms with E-state index in [4.69, 9.17) is 11.6 Å². The molecule has 106 valence electrons. The Balaban J connectivity index is 2.68. The number of benzene rings is 1. The highest BCUT2D eigenvalue weighted by molar-refractivity contribution is 6.31. The topological polar surface area (TPSA) is 32.3 Å². The van der Waals surface area contributed by atoms with Crippen LogP contribution in [0.3, 0.4) is 0 Å². The van der Waals surface area contributed by atoms with Crippen LogP contribution in [0.2, 0.25) is 5.02 Å². The Labute approximate surface area is 118 Å². The Kier molecular flexibility index (Phi) is 6.25. The number of amides is 1. The average Bonchev–Trinajstić information content (AvgIpc) is 2.39. The van der Waals surface area contributed by atoms with Crippen LogP contribution in [0.15, 0.2) is 18.2 Å². The molecule has 0 fully saturated rings. The molecule has 0 aliphatic carbocycles. The van der Waals surface area contributed by atoms with Crippen LogP contribution >= 0.6 is 11.6 Å². The molecule has 0 spiro atoms. The summed E-state index contributed by atoms with van der Waals surface area (Å²) in [6.07, 6.45) is 0.890. The summed E-state index contributed by atoms with van der Waals surface area (Å²) in [6, 6.07) is 4.26. The smallest absolute Gasteiger partial charge is 0.237 e. The summed E-state index contributed by atoms with van der Waals surface area (Å²) in [5.41, 5.74) is 0.418. The molecule has 0 radical (unpaired) electrons. The van der Waals surface area contributed by atoms with Crippen LogP contribution in [0.25, 0.3) is 0 Å². The lowest BCUT2D eigenvalue weighted by molar-refractivity contribution is -0.125. The maximum atomic E-state index is 13.7. The maximum Gasteiger partial charge on any atom is 0.237 e. The molecule has 0 aliphatic heterocycles. The van der Waals surface area contributed by atoms with Crippen molar-refractivity contribution >= 4 is 17.5 Å². The predicted molar refractivity (Wildman–Crippen MR) is 75.6 cm³/mol. The predicted octanol–water partition coefficient (Wildman–Crippen LogP) is 2.83. The van der Waals surface area contributed by atoms with Crippen LogP contribution in [-0.4, -0.2) is 30.4 Å². The number of nitrogens with one attached hydrogen (secondary N) is 1. The van der Waals surface area contributed by atoms with Crippen molar-refractivity contribution in [1.29, 1.82) is 0 Å². The molecule has 1 atom stereocenters. The van der Waals surface area contributed by atoms with E-state index in [2.05, 4.69) is 5.32 Å². The summed E-state index contributed by atoms with van der Waals surface area (Å²) in [7, 11) is 1.78. The van der Waals surface area contributed by atoms with Gasteiger partial charge < -0.3 is 5.32 Å². The first-order valence-electron chi connectivity index (χ1n) is 6.38. The fraction of sp³-hybridized carbons (Fsp3) is 0.500. The monoisotopic (exact) mass is 286 g/mol. The third-order valence-corrected chi connectivity index (χ3v) is 3.41. The van der Waals surface area contributed by atoms with Gasteiger partial charge in [0.25, 0.3) is 0 Å². The van der Waals surface area contributed by atoms with E-state index in [9.17, 15) is 9.18 Å². The third kappa shape index (κ3) is 4.48. The number of hydrogen-bond acceptors (Lipinski definition) is 2. The first kappa shape index (κ1) is 15.9. The van der Waals surface area contributed by atoms with E-state index in [1.54, 1.807) is 31.0 Å². The fourth-order valence-electron chi connectivity index (χ4n) is 1.67. The molecule has 0 saturated carbocycles. The SMILES string of the molecule is CCCNC(=O)C(C)N(C)Cc1c(F)cccc1Cl. The van der Waals surface area contributed by atoms with Gasteiger partial charge in [-0.25, -0.2) is 4.39 Å². The van der Waals surface area contributed by atoms with Gasteiger partial charge in [0.2, 0.25) is 5.91 Å². The van der Waals surface area contributed by atoms with E-state index in [1.165, 1.54) is 6.07 Å². The Bertz CT molecular complexity index is 419. The second-order valence-electron chi connectivity index (χ2n) is 4.58. The van der Waals surface area contributed by atoms with Gasteiger partial charge in [-0.05, 0) is 32.5 Å². The molecule has 0 saturated heterocycles. The minimum Gasteiger partial charge on any atom is -0.355 e. The van der Waals surface area contributed by atoms with Gasteiger partial charge in [0.05, 0.1) is 6.04 Å². The zero-order valence-electron chi connectivity index (χ0n) is 11.5. The Morgan fingerprint density at radius 3 is 2.79 bits per heavy atom. The summed E-state index contributed by atoms with van der Waals surface area (Å²) in [5.74, 6) is -0.405. The molecule has 0 aliphatic rings. The second kappa shape index (κ2) is 7.46. The lowest BCUT2D eigenvalue weighted by Gasteiger charge is -2.24. The van der Waals surface area contributed by atoms with Crippen molar-refractivity contribution in [3.8, 4) is 0 Å². The average molecular weight is 287 g/mol. The molecule has 0 heterocycles.